The quantitative estimate of drug-likeness (QED) is 0.672. The van der Waals surface area contributed by atoms with Crippen molar-refractivity contribution >= 4 is 0 Å². The molecule has 0 heterocycles. The van der Waals surface area contributed by atoms with E-state index in [-0.39, 0.29) is 0 Å². The van der Waals surface area contributed by atoms with E-state index < -0.39 is 5.60 Å². The van der Waals surface area contributed by atoms with Crippen molar-refractivity contribution in [1.29, 1.82) is 0 Å². The molecule has 2 N–H and O–H groups in total. The third kappa shape index (κ3) is 3.11. The van der Waals surface area contributed by atoms with Gasteiger partial charge in [0.2, 0.25) is 0 Å². The summed E-state index contributed by atoms with van der Waals surface area (Å²) in [5, 5.41) is 12.9. The molecule has 0 aromatic heterocycles. The molecule has 0 saturated heterocycles. The lowest BCUT2D eigenvalue weighted by Gasteiger charge is -2.33. The minimum Gasteiger partial charge on any atom is -0.389 e. The molecule has 1 atom stereocenters. The Hall–Kier alpha value is -0.0800. The van der Waals surface area contributed by atoms with Gasteiger partial charge in [-0.05, 0) is 39.5 Å². The number of nitrogens with one attached hydrogen (secondary N) is 1. The van der Waals surface area contributed by atoms with Gasteiger partial charge in [0.05, 0.1) is 5.60 Å². The van der Waals surface area contributed by atoms with Gasteiger partial charge in [0, 0.05) is 12.6 Å². The van der Waals surface area contributed by atoms with Gasteiger partial charge in [0.15, 0.2) is 0 Å². The van der Waals surface area contributed by atoms with E-state index in [0.29, 0.717) is 12.6 Å². The number of hydrogen-bond acceptors (Lipinski definition) is 2. The fourth-order valence-corrected chi connectivity index (χ4v) is 1.52. The number of aliphatic hydroxyl groups is 1. The second-order valence-electron chi connectivity index (χ2n) is 4.67. The third-order valence-electron chi connectivity index (χ3n) is 2.71. The lowest BCUT2D eigenvalue weighted by atomic mass is 9.80. The molecule has 1 fully saturated rings. The molecule has 1 unspecified atom stereocenters. The highest BCUT2D eigenvalue weighted by molar-refractivity contribution is 4.81. The second kappa shape index (κ2) is 3.75. The molecule has 1 saturated carbocycles. The summed E-state index contributed by atoms with van der Waals surface area (Å²) in [4.78, 5) is 0. The first-order valence-electron chi connectivity index (χ1n) is 4.95. The van der Waals surface area contributed by atoms with Crippen LogP contribution in [0.25, 0.3) is 0 Å². The van der Waals surface area contributed by atoms with E-state index in [9.17, 15) is 5.11 Å². The molecule has 1 rings (SSSR count). The maximum atomic E-state index is 9.48. The Morgan fingerprint density at radius 3 is 2.42 bits per heavy atom. The van der Waals surface area contributed by atoms with Crippen molar-refractivity contribution in [2.75, 3.05) is 6.54 Å². The molecule has 72 valence electrons. The van der Waals surface area contributed by atoms with Crippen LogP contribution in [0.1, 0.15) is 40.0 Å². The van der Waals surface area contributed by atoms with Gasteiger partial charge in [-0.25, -0.2) is 0 Å². The van der Waals surface area contributed by atoms with Gasteiger partial charge in [0.25, 0.3) is 0 Å². The van der Waals surface area contributed by atoms with Gasteiger partial charge < -0.3 is 10.4 Å². The fourth-order valence-electron chi connectivity index (χ4n) is 1.52. The summed E-state index contributed by atoms with van der Waals surface area (Å²) in [6.07, 6.45) is 4.11. The zero-order valence-corrected chi connectivity index (χ0v) is 8.43. The minimum absolute atomic E-state index is 0.571. The molecule has 0 aliphatic heterocycles. The molecule has 0 aromatic rings. The third-order valence-corrected chi connectivity index (χ3v) is 2.71. The van der Waals surface area contributed by atoms with Crippen molar-refractivity contribution < 1.29 is 5.11 Å². The lowest BCUT2D eigenvalue weighted by Crippen LogP contribution is -2.44. The molecular weight excluding hydrogens is 150 g/mol. The molecule has 2 nitrogen and oxygen atoms in total. The van der Waals surface area contributed by atoms with Gasteiger partial charge in [0.1, 0.15) is 0 Å². The Bertz CT molecular complexity index is 135. The fraction of sp³-hybridized carbons (Fsp3) is 1.00. The predicted octanol–water partition coefficient (Wildman–Crippen LogP) is 1.54. The Kier molecular flexibility index (Phi) is 3.13. The summed E-state index contributed by atoms with van der Waals surface area (Å²) >= 11 is 0. The maximum absolute atomic E-state index is 9.48. The van der Waals surface area contributed by atoms with Crippen molar-refractivity contribution in [1.82, 2.24) is 5.32 Å². The molecular formula is C10H21NO. The molecule has 1 aliphatic carbocycles. The van der Waals surface area contributed by atoms with Crippen LogP contribution in [0.5, 0.6) is 0 Å². The summed E-state index contributed by atoms with van der Waals surface area (Å²) in [6, 6.07) is 0.574. The average Bonchev–Trinajstić information content (AvgIpc) is 1.78. The van der Waals surface area contributed by atoms with Crippen LogP contribution in [0.2, 0.25) is 0 Å². The van der Waals surface area contributed by atoms with Crippen LogP contribution in [0.3, 0.4) is 0 Å². The predicted molar refractivity (Wildman–Crippen MR) is 51.1 cm³/mol. The van der Waals surface area contributed by atoms with Gasteiger partial charge in [-0.1, -0.05) is 6.42 Å². The molecule has 0 radical (unpaired) electrons. The standard InChI is InChI=1S/C10H21NO/c1-8(9-5-4-6-9)11-7-10(2,3)12/h8-9,11-12H,4-7H2,1-3H3. The monoisotopic (exact) mass is 171 g/mol. The Morgan fingerprint density at radius 1 is 1.50 bits per heavy atom. The Labute approximate surface area is 75.4 Å². The van der Waals surface area contributed by atoms with Crippen LogP contribution in [-0.4, -0.2) is 23.3 Å². The highest BCUT2D eigenvalue weighted by Gasteiger charge is 2.24. The summed E-state index contributed by atoms with van der Waals surface area (Å²) in [5.41, 5.74) is -0.571. The van der Waals surface area contributed by atoms with Crippen molar-refractivity contribution in [3.8, 4) is 0 Å². The molecule has 12 heavy (non-hydrogen) atoms. The molecule has 0 aromatic carbocycles. The van der Waals surface area contributed by atoms with E-state index in [4.69, 9.17) is 0 Å². The normalized spacial score (nSPS) is 22.0. The smallest absolute Gasteiger partial charge is 0.0715 e. The largest absolute Gasteiger partial charge is 0.389 e. The minimum atomic E-state index is -0.571. The SMILES string of the molecule is CC(NCC(C)(C)O)C1CCC1. The summed E-state index contributed by atoms with van der Waals surface area (Å²) < 4.78 is 0. The first-order chi connectivity index (χ1) is 5.49. The summed E-state index contributed by atoms with van der Waals surface area (Å²) in [6.45, 7) is 6.60. The van der Waals surface area contributed by atoms with Gasteiger partial charge in [-0.15, -0.1) is 0 Å². The first kappa shape index (κ1) is 10.0. The zero-order valence-electron chi connectivity index (χ0n) is 8.43. The number of hydrogen-bond donors (Lipinski definition) is 2. The van der Waals surface area contributed by atoms with Crippen molar-refractivity contribution in [2.24, 2.45) is 5.92 Å². The summed E-state index contributed by atoms with van der Waals surface area (Å²) in [5.74, 6) is 0.854. The highest BCUT2D eigenvalue weighted by Crippen LogP contribution is 2.29. The Balaban J connectivity index is 2.13. The second-order valence-corrected chi connectivity index (χ2v) is 4.67. The van der Waals surface area contributed by atoms with E-state index in [1.807, 2.05) is 13.8 Å². The van der Waals surface area contributed by atoms with Crippen LogP contribution in [0.4, 0.5) is 0 Å². The topological polar surface area (TPSA) is 32.3 Å². The Morgan fingerprint density at radius 2 is 2.08 bits per heavy atom. The lowest BCUT2D eigenvalue weighted by molar-refractivity contribution is 0.0712. The molecule has 1 aliphatic rings. The van der Waals surface area contributed by atoms with Gasteiger partial charge >= 0.3 is 0 Å². The molecule has 2 heteroatoms. The van der Waals surface area contributed by atoms with E-state index in [0.717, 1.165) is 5.92 Å². The van der Waals surface area contributed by atoms with E-state index in [1.165, 1.54) is 19.3 Å². The highest BCUT2D eigenvalue weighted by atomic mass is 16.3. The van der Waals surface area contributed by atoms with E-state index >= 15 is 0 Å². The molecule has 0 amide bonds. The van der Waals surface area contributed by atoms with Crippen LogP contribution in [0, 0.1) is 5.92 Å². The molecule has 0 spiro atoms. The molecule has 0 bridgehead atoms. The van der Waals surface area contributed by atoms with Crippen molar-refractivity contribution in [3.05, 3.63) is 0 Å². The van der Waals surface area contributed by atoms with Crippen LogP contribution < -0.4 is 5.32 Å². The van der Waals surface area contributed by atoms with Gasteiger partial charge in [-0.2, -0.15) is 0 Å². The van der Waals surface area contributed by atoms with Crippen LogP contribution >= 0.6 is 0 Å². The van der Waals surface area contributed by atoms with Crippen LogP contribution in [-0.2, 0) is 0 Å². The van der Waals surface area contributed by atoms with E-state index in [1.54, 1.807) is 0 Å². The van der Waals surface area contributed by atoms with Crippen molar-refractivity contribution in [2.45, 2.75) is 51.7 Å². The summed E-state index contributed by atoms with van der Waals surface area (Å²) in [7, 11) is 0. The van der Waals surface area contributed by atoms with Crippen LogP contribution in [0.15, 0.2) is 0 Å². The maximum Gasteiger partial charge on any atom is 0.0715 e. The number of rotatable bonds is 4. The van der Waals surface area contributed by atoms with Crippen molar-refractivity contribution in [3.63, 3.8) is 0 Å². The van der Waals surface area contributed by atoms with Gasteiger partial charge in [-0.3, -0.25) is 0 Å². The van der Waals surface area contributed by atoms with E-state index in [2.05, 4.69) is 12.2 Å². The zero-order chi connectivity index (χ0) is 9.19. The average molecular weight is 171 g/mol. The first-order valence-corrected chi connectivity index (χ1v) is 4.95.